The molecular weight excluding hydrogens is 414 g/mol. The number of carbonyl (C=O) groups is 1. The van der Waals surface area contributed by atoms with Crippen LogP contribution in [0.5, 0.6) is 11.5 Å². The lowest BCUT2D eigenvalue weighted by molar-refractivity contribution is -0.129. The number of fused-ring (bicyclic) bond motifs is 1. The summed E-state index contributed by atoms with van der Waals surface area (Å²) in [7, 11) is 1.58. The zero-order valence-corrected chi connectivity index (χ0v) is 18.0. The van der Waals surface area contributed by atoms with Crippen molar-refractivity contribution in [2.24, 2.45) is 4.99 Å². The molecule has 0 radical (unpaired) electrons. The first-order chi connectivity index (χ1) is 16.2. The van der Waals surface area contributed by atoms with Crippen molar-refractivity contribution in [3.05, 3.63) is 113 Å². The molecule has 0 atom stereocenters. The summed E-state index contributed by atoms with van der Waals surface area (Å²) in [6.07, 6.45) is 1.68. The van der Waals surface area contributed by atoms with E-state index in [0.717, 1.165) is 27.5 Å². The Labute approximate surface area is 191 Å². The third-order valence-electron chi connectivity index (χ3n) is 5.35. The van der Waals surface area contributed by atoms with Crippen molar-refractivity contribution in [3.63, 3.8) is 0 Å². The number of nitrogens with zero attached hydrogens (tertiary/aromatic N) is 1. The Kier molecular flexibility index (Phi) is 5.60. The first-order valence-electron chi connectivity index (χ1n) is 10.6. The molecule has 0 unspecified atom stereocenters. The van der Waals surface area contributed by atoms with Crippen molar-refractivity contribution in [3.8, 4) is 11.5 Å². The molecular formula is C28H21NO4. The van der Waals surface area contributed by atoms with Crippen LogP contribution in [0.1, 0.15) is 16.7 Å². The van der Waals surface area contributed by atoms with Gasteiger partial charge in [0.25, 0.3) is 0 Å². The van der Waals surface area contributed by atoms with Gasteiger partial charge in [-0.2, -0.15) is 0 Å². The van der Waals surface area contributed by atoms with E-state index in [0.29, 0.717) is 24.0 Å². The van der Waals surface area contributed by atoms with Crippen LogP contribution in [0.15, 0.2) is 102 Å². The molecule has 0 bridgehead atoms. The summed E-state index contributed by atoms with van der Waals surface area (Å²) in [5.41, 5.74) is 2.82. The number of methoxy groups -OCH3 is 1. The molecule has 5 heteroatoms. The monoisotopic (exact) mass is 435 g/mol. The highest BCUT2D eigenvalue weighted by molar-refractivity contribution is 6.13. The molecule has 4 aromatic carbocycles. The van der Waals surface area contributed by atoms with E-state index < -0.39 is 5.97 Å². The zero-order chi connectivity index (χ0) is 22.6. The Bertz CT molecular complexity index is 1390. The lowest BCUT2D eigenvalue weighted by Gasteiger charge is -2.11. The molecule has 0 aliphatic carbocycles. The molecule has 0 aromatic heterocycles. The van der Waals surface area contributed by atoms with Crippen molar-refractivity contribution in [1.29, 1.82) is 0 Å². The smallest absolute Gasteiger partial charge is 0.363 e. The third kappa shape index (κ3) is 4.48. The Hall–Kier alpha value is -4.38. The summed E-state index contributed by atoms with van der Waals surface area (Å²) in [5, 5.41) is 2.17. The highest BCUT2D eigenvalue weighted by Crippen LogP contribution is 2.30. The fraction of sp³-hybridized carbons (Fsp3) is 0.0714. The van der Waals surface area contributed by atoms with Gasteiger partial charge >= 0.3 is 5.97 Å². The van der Waals surface area contributed by atoms with Gasteiger partial charge in [-0.05, 0) is 52.2 Å². The minimum atomic E-state index is -0.485. The van der Waals surface area contributed by atoms with Crippen molar-refractivity contribution >= 4 is 28.7 Å². The largest absolute Gasteiger partial charge is 0.493 e. The molecule has 33 heavy (non-hydrogen) atoms. The number of carbonyl (C=O) groups excluding carboxylic acids is 1. The highest BCUT2D eigenvalue weighted by atomic mass is 16.6. The summed E-state index contributed by atoms with van der Waals surface area (Å²) in [5.74, 6) is 1.01. The van der Waals surface area contributed by atoms with Crippen LogP contribution in [-0.4, -0.2) is 19.0 Å². The normalized spacial score (nSPS) is 14.3. The first kappa shape index (κ1) is 20.5. The maximum absolute atomic E-state index is 12.4. The number of aliphatic imine (C=N–C) groups is 1. The zero-order valence-electron chi connectivity index (χ0n) is 18.0. The van der Waals surface area contributed by atoms with Gasteiger partial charge in [-0.15, -0.1) is 0 Å². The SMILES string of the molecule is COc1cc(/C=C2\N=C(c3ccc4ccccc4c3)OC2=O)ccc1OCc1ccccc1. The van der Waals surface area contributed by atoms with E-state index in [4.69, 9.17) is 14.2 Å². The molecule has 5 nitrogen and oxygen atoms in total. The fourth-order valence-electron chi connectivity index (χ4n) is 3.64. The molecule has 0 saturated carbocycles. The van der Waals surface area contributed by atoms with Gasteiger partial charge in [-0.1, -0.05) is 66.7 Å². The number of benzene rings is 4. The van der Waals surface area contributed by atoms with Crippen molar-refractivity contribution in [2.75, 3.05) is 7.11 Å². The minimum absolute atomic E-state index is 0.234. The molecule has 0 N–H and O–H groups in total. The fourth-order valence-corrected chi connectivity index (χ4v) is 3.64. The highest BCUT2D eigenvalue weighted by Gasteiger charge is 2.24. The van der Waals surface area contributed by atoms with Crippen molar-refractivity contribution < 1.29 is 19.0 Å². The molecule has 0 spiro atoms. The van der Waals surface area contributed by atoms with Gasteiger partial charge in [0, 0.05) is 5.56 Å². The number of cyclic esters (lactones) is 1. The summed E-state index contributed by atoms with van der Waals surface area (Å²) in [6, 6.07) is 29.3. The van der Waals surface area contributed by atoms with E-state index in [-0.39, 0.29) is 5.70 Å². The van der Waals surface area contributed by atoms with Crippen molar-refractivity contribution in [2.45, 2.75) is 6.61 Å². The van der Waals surface area contributed by atoms with Gasteiger partial charge in [-0.25, -0.2) is 9.79 Å². The summed E-state index contributed by atoms with van der Waals surface area (Å²) < 4.78 is 16.8. The van der Waals surface area contributed by atoms with Crippen LogP contribution in [0.2, 0.25) is 0 Å². The molecule has 1 aliphatic heterocycles. The number of hydrogen-bond donors (Lipinski definition) is 0. The van der Waals surface area contributed by atoms with Gasteiger partial charge < -0.3 is 14.2 Å². The number of hydrogen-bond acceptors (Lipinski definition) is 5. The lowest BCUT2D eigenvalue weighted by atomic mass is 10.1. The second-order valence-corrected chi connectivity index (χ2v) is 7.58. The molecule has 162 valence electrons. The number of rotatable bonds is 6. The van der Waals surface area contributed by atoms with E-state index >= 15 is 0 Å². The molecule has 0 amide bonds. The minimum Gasteiger partial charge on any atom is -0.493 e. The van der Waals surface area contributed by atoms with Crippen LogP contribution in [0.4, 0.5) is 0 Å². The van der Waals surface area contributed by atoms with Crippen LogP contribution >= 0.6 is 0 Å². The number of ether oxygens (including phenoxy) is 3. The third-order valence-corrected chi connectivity index (χ3v) is 5.35. The van der Waals surface area contributed by atoms with Gasteiger partial charge in [0.1, 0.15) is 6.61 Å². The molecule has 5 rings (SSSR count). The van der Waals surface area contributed by atoms with Crippen LogP contribution in [0, 0.1) is 0 Å². The lowest BCUT2D eigenvalue weighted by Crippen LogP contribution is -2.05. The molecule has 4 aromatic rings. The van der Waals surface area contributed by atoms with Crippen LogP contribution < -0.4 is 9.47 Å². The first-order valence-corrected chi connectivity index (χ1v) is 10.6. The van der Waals surface area contributed by atoms with Crippen LogP contribution in [0.25, 0.3) is 16.8 Å². The quantitative estimate of drug-likeness (QED) is 0.285. The predicted octanol–water partition coefficient (Wildman–Crippen LogP) is 5.77. The van der Waals surface area contributed by atoms with E-state index in [1.165, 1.54) is 0 Å². The average Bonchev–Trinajstić information content (AvgIpc) is 3.23. The second kappa shape index (κ2) is 9.01. The number of esters is 1. The Morgan fingerprint density at radius 3 is 2.45 bits per heavy atom. The van der Waals surface area contributed by atoms with E-state index in [1.807, 2.05) is 91.0 Å². The van der Waals surface area contributed by atoms with E-state index in [1.54, 1.807) is 13.2 Å². The molecule has 0 fully saturated rings. The van der Waals surface area contributed by atoms with E-state index in [2.05, 4.69) is 4.99 Å². The maximum Gasteiger partial charge on any atom is 0.363 e. The van der Waals surface area contributed by atoms with Crippen LogP contribution in [-0.2, 0) is 16.1 Å². The summed E-state index contributed by atoms with van der Waals surface area (Å²) in [6.45, 7) is 0.434. The Morgan fingerprint density at radius 1 is 0.848 bits per heavy atom. The maximum atomic E-state index is 12.4. The molecule has 1 aliphatic rings. The van der Waals surface area contributed by atoms with Gasteiger partial charge in [-0.3, -0.25) is 0 Å². The van der Waals surface area contributed by atoms with Crippen molar-refractivity contribution in [1.82, 2.24) is 0 Å². The summed E-state index contributed by atoms with van der Waals surface area (Å²) in [4.78, 5) is 16.9. The second-order valence-electron chi connectivity index (χ2n) is 7.58. The average molecular weight is 435 g/mol. The van der Waals surface area contributed by atoms with Gasteiger partial charge in [0.05, 0.1) is 7.11 Å². The van der Waals surface area contributed by atoms with Crippen LogP contribution in [0.3, 0.4) is 0 Å². The standard InChI is InChI=1S/C28H21NO4/c1-31-26-16-20(11-14-25(26)32-18-19-7-3-2-4-8-19)15-24-28(30)33-27(29-24)23-13-12-21-9-5-6-10-22(21)17-23/h2-17H,18H2,1H3/b24-15-. The topological polar surface area (TPSA) is 57.1 Å². The van der Waals surface area contributed by atoms with Gasteiger partial charge in [0.2, 0.25) is 5.90 Å². The summed E-state index contributed by atoms with van der Waals surface area (Å²) >= 11 is 0. The predicted molar refractivity (Wildman–Crippen MR) is 128 cm³/mol. The van der Waals surface area contributed by atoms with E-state index in [9.17, 15) is 4.79 Å². The van der Waals surface area contributed by atoms with Gasteiger partial charge in [0.15, 0.2) is 17.2 Å². The Morgan fingerprint density at radius 2 is 1.64 bits per heavy atom. The molecule has 1 heterocycles. The molecule has 0 saturated heterocycles. The Balaban J connectivity index is 1.38.